The lowest BCUT2D eigenvalue weighted by Crippen LogP contribution is -2.41. The number of rotatable bonds is 16. The molecule has 18 nitrogen and oxygen atoms in total. The van der Waals surface area contributed by atoms with Crippen molar-refractivity contribution in [3.8, 4) is 16.9 Å². The first-order chi connectivity index (χ1) is 34.3. The van der Waals surface area contributed by atoms with Gasteiger partial charge in [-0.15, -0.1) is 10.2 Å². The van der Waals surface area contributed by atoms with Gasteiger partial charge in [-0.3, -0.25) is 9.80 Å². The Morgan fingerprint density at radius 2 is 1.17 bits per heavy atom. The predicted octanol–water partition coefficient (Wildman–Crippen LogP) is 7.12. The van der Waals surface area contributed by atoms with Crippen molar-refractivity contribution in [3.63, 3.8) is 0 Å². The first-order valence-corrected chi connectivity index (χ1v) is 29.0. The molecule has 0 spiro atoms. The highest BCUT2D eigenvalue weighted by Crippen LogP contribution is 2.34. The summed E-state index contributed by atoms with van der Waals surface area (Å²) in [5, 5.41) is 12.3. The van der Waals surface area contributed by atoms with E-state index in [0.717, 1.165) is 71.6 Å². The number of halogens is 3. The number of nitrogens with one attached hydrogen (secondary N) is 2. The van der Waals surface area contributed by atoms with E-state index in [2.05, 4.69) is 66.9 Å². The van der Waals surface area contributed by atoms with Crippen LogP contribution in [0.2, 0.25) is 5.02 Å². The molecule has 8 rings (SSSR count). The molecule has 2 aliphatic rings. The number of sulfonamides is 3. The molecule has 2 aliphatic heterocycles. The molecule has 0 unspecified atom stereocenters. The molecule has 24 heteroatoms. The molecule has 0 amide bonds. The molecule has 1 aromatic heterocycles. The van der Waals surface area contributed by atoms with Crippen LogP contribution in [-0.2, 0) is 39.5 Å². The van der Waals surface area contributed by atoms with Crippen molar-refractivity contribution in [3.05, 3.63) is 123 Å². The molecule has 0 saturated carbocycles. The number of ether oxygens (including phenoxy) is 3. The van der Waals surface area contributed by atoms with Crippen LogP contribution in [0.5, 0.6) is 5.75 Å². The van der Waals surface area contributed by atoms with Gasteiger partial charge in [0.1, 0.15) is 11.3 Å². The van der Waals surface area contributed by atoms with Crippen molar-refractivity contribution in [2.24, 2.45) is 0 Å². The fourth-order valence-corrected chi connectivity index (χ4v) is 11.1. The van der Waals surface area contributed by atoms with E-state index in [-0.39, 0.29) is 9.79 Å². The maximum absolute atomic E-state index is 13.1. The molecule has 5 aromatic carbocycles. The van der Waals surface area contributed by atoms with Crippen LogP contribution in [0.1, 0.15) is 5.56 Å². The highest BCUT2D eigenvalue weighted by atomic mass is 79.9. The second kappa shape index (κ2) is 26.3. The quantitative estimate of drug-likeness (QED) is 0.0990. The maximum Gasteiger partial charge on any atom is 0.247 e. The summed E-state index contributed by atoms with van der Waals surface area (Å²) in [5.41, 5.74) is 4.59. The van der Waals surface area contributed by atoms with Gasteiger partial charge in [-0.1, -0.05) is 43.5 Å². The van der Waals surface area contributed by atoms with Crippen LogP contribution in [0.3, 0.4) is 0 Å². The molecule has 388 valence electrons. The molecule has 0 radical (unpaired) electrons. The average molecular weight is 1200 g/mol. The number of hydrogen-bond acceptors (Lipinski definition) is 15. The third-order valence-corrected chi connectivity index (χ3v) is 18.2. The van der Waals surface area contributed by atoms with Gasteiger partial charge in [-0.2, -0.15) is 8.61 Å². The van der Waals surface area contributed by atoms with Crippen LogP contribution < -0.4 is 14.8 Å². The number of aromatic nitrogens is 3. The van der Waals surface area contributed by atoms with Crippen LogP contribution in [0.4, 0.5) is 11.6 Å². The van der Waals surface area contributed by atoms with E-state index in [9.17, 15) is 25.3 Å². The molecule has 0 atom stereocenters. The van der Waals surface area contributed by atoms with E-state index < -0.39 is 30.1 Å². The maximum atomic E-state index is 13.1. The Morgan fingerprint density at radius 3 is 1.65 bits per heavy atom. The third kappa shape index (κ3) is 15.7. The summed E-state index contributed by atoms with van der Waals surface area (Å²) < 4.78 is 96.0. The van der Waals surface area contributed by atoms with Gasteiger partial charge in [0.25, 0.3) is 0 Å². The first-order valence-electron chi connectivity index (χ1n) is 22.6. The summed E-state index contributed by atoms with van der Waals surface area (Å²) in [6.07, 6.45) is 0. The fraction of sp³-hybridized carbons (Fsp3) is 0.354. The van der Waals surface area contributed by atoms with Crippen molar-refractivity contribution in [2.75, 3.05) is 112 Å². The van der Waals surface area contributed by atoms with Crippen LogP contribution >= 0.6 is 43.5 Å². The van der Waals surface area contributed by atoms with Crippen molar-refractivity contribution in [2.45, 2.75) is 21.6 Å². The zero-order valence-electron chi connectivity index (χ0n) is 40.5. The number of fused-ring (bicyclic) bond motifs is 1. The van der Waals surface area contributed by atoms with Crippen LogP contribution in [0.25, 0.3) is 22.2 Å². The van der Waals surface area contributed by atoms with Gasteiger partial charge in [0, 0.05) is 91.7 Å². The Morgan fingerprint density at radius 1 is 0.681 bits per heavy atom. The van der Waals surface area contributed by atoms with Gasteiger partial charge < -0.3 is 19.5 Å². The highest BCUT2D eigenvalue weighted by molar-refractivity contribution is 9.10. The first kappa shape index (κ1) is 57.1. The van der Waals surface area contributed by atoms with Gasteiger partial charge in [0.2, 0.25) is 36.0 Å². The lowest BCUT2D eigenvalue weighted by Gasteiger charge is -2.28. The molecular weight excluding hydrogens is 1140 g/mol. The Kier molecular flexibility index (Phi) is 20.9. The molecule has 2 N–H and O–H groups in total. The zero-order valence-corrected chi connectivity index (χ0v) is 46.8. The third-order valence-electron chi connectivity index (χ3n) is 11.6. The lowest BCUT2D eigenvalue weighted by molar-refractivity contribution is 0.0367. The number of anilines is 2. The van der Waals surface area contributed by atoms with Gasteiger partial charge in [-0.25, -0.2) is 35.0 Å². The Hall–Kier alpha value is -4.21. The summed E-state index contributed by atoms with van der Waals surface area (Å²) in [4.78, 5) is 9.89. The topological polar surface area (TPSA) is 206 Å². The zero-order chi connectivity index (χ0) is 52.1. The Labute approximate surface area is 444 Å². The van der Waals surface area contributed by atoms with Crippen molar-refractivity contribution >= 4 is 96.2 Å². The Bertz CT molecular complexity index is 3080. The molecule has 6 aromatic rings. The van der Waals surface area contributed by atoms with Crippen LogP contribution in [0.15, 0.2) is 127 Å². The summed E-state index contributed by atoms with van der Waals surface area (Å²) in [7, 11) is -4.07. The SMILES string of the molecule is CN(CCN1CCOCC1)S(=O)(=O)c1ccc(Br)cc1.CNS(=O)(=O)c1ccc(Br)cc1.COc1ccc(Cl)c(-c2cc(C)c3nc(Nc4ccc(S(=O)(=O)N(C)CCN5CCOCC5)cc4)nnc3c2)c1. The number of morpholine rings is 2. The highest BCUT2D eigenvalue weighted by Gasteiger charge is 2.24. The molecule has 3 heterocycles. The van der Waals surface area contributed by atoms with E-state index in [1.54, 1.807) is 87.9 Å². The monoisotopic (exact) mass is 1190 g/mol. The van der Waals surface area contributed by atoms with Gasteiger partial charge in [0.05, 0.1) is 53.7 Å². The standard InChI is InChI=1S/C28H31ClN6O4S.C13H19BrN2O3S.C7H8BrNO2S/c1-19-16-20(24-18-22(38-3)6-9-25(24)29)17-26-27(19)31-28(33-32-26)30-21-4-7-23(8-5-21)40(36,37)34(2)10-11-35-12-14-39-15-13-35;1-15(6-7-16-8-10-19-11-9-16)20(17,18)13-4-2-12(14)3-5-13;1-9-12(10,11)7-4-2-6(8)3-5-7/h4-9,16-18H,10-15H2,1-3H3,(H,30,31,33);2-5H,6-11H2,1H3;2-5,9H,1H3. The minimum absolute atomic E-state index is 0.222. The second-order valence-corrected chi connectivity index (χ2v) is 24.7. The van der Waals surface area contributed by atoms with E-state index in [0.29, 0.717) is 71.2 Å². The Balaban J connectivity index is 0.000000218. The van der Waals surface area contributed by atoms with E-state index >= 15 is 0 Å². The summed E-state index contributed by atoms with van der Waals surface area (Å²) in [5.74, 6) is 1.01. The molecule has 2 saturated heterocycles. The lowest BCUT2D eigenvalue weighted by atomic mass is 10.0. The largest absolute Gasteiger partial charge is 0.497 e. The van der Waals surface area contributed by atoms with Crippen molar-refractivity contribution in [1.29, 1.82) is 0 Å². The molecule has 2 fully saturated rings. The van der Waals surface area contributed by atoms with Crippen molar-refractivity contribution in [1.82, 2.24) is 38.3 Å². The number of benzene rings is 5. The molecular formula is C48H58Br2ClN9O9S3. The van der Waals surface area contributed by atoms with E-state index in [1.165, 1.54) is 27.8 Å². The average Bonchev–Trinajstić information content (AvgIpc) is 3.39. The normalized spacial score (nSPS) is 14.9. The minimum atomic E-state index is -3.61. The molecule has 72 heavy (non-hydrogen) atoms. The van der Waals surface area contributed by atoms with E-state index in [4.69, 9.17) is 25.8 Å². The van der Waals surface area contributed by atoms with Crippen LogP contribution in [-0.4, -0.2) is 166 Å². The summed E-state index contributed by atoms with van der Waals surface area (Å²) in [6.45, 7) is 10.4. The number of hydrogen-bond donors (Lipinski definition) is 2. The van der Waals surface area contributed by atoms with Crippen LogP contribution in [0, 0.1) is 6.92 Å². The summed E-state index contributed by atoms with van der Waals surface area (Å²) in [6, 6.07) is 29.1. The number of nitrogens with zero attached hydrogens (tertiary/aromatic N) is 7. The predicted molar refractivity (Wildman–Crippen MR) is 287 cm³/mol. The second-order valence-electron chi connectivity index (χ2n) is 16.5. The summed E-state index contributed by atoms with van der Waals surface area (Å²) >= 11 is 13.0. The van der Waals surface area contributed by atoms with E-state index in [1.807, 2.05) is 31.2 Å². The molecule has 0 bridgehead atoms. The number of methoxy groups -OCH3 is 1. The van der Waals surface area contributed by atoms with Gasteiger partial charge >= 0.3 is 0 Å². The van der Waals surface area contributed by atoms with Gasteiger partial charge in [0.15, 0.2) is 0 Å². The smallest absolute Gasteiger partial charge is 0.247 e. The fourth-order valence-electron chi connectivity index (χ4n) is 7.26. The van der Waals surface area contributed by atoms with Crippen molar-refractivity contribution < 1.29 is 39.5 Å². The minimum Gasteiger partial charge on any atom is -0.497 e. The number of likely N-dealkylation sites (N-methyl/N-ethyl adjacent to an activating group) is 2. The van der Waals surface area contributed by atoms with Gasteiger partial charge in [-0.05, 0) is 128 Å². The molecule has 0 aliphatic carbocycles. The number of aryl methyl sites for hydroxylation is 1.